The van der Waals surface area contributed by atoms with Crippen molar-refractivity contribution in [1.82, 2.24) is 10.6 Å². The molecule has 1 aromatic rings. The number of nitrogens with one attached hydrogen (secondary N) is 2. The first-order valence-electron chi connectivity index (χ1n) is 7.80. The molecule has 0 fully saturated rings. The fourth-order valence-electron chi connectivity index (χ4n) is 2.18. The minimum absolute atomic E-state index is 0.00240. The summed E-state index contributed by atoms with van der Waals surface area (Å²) in [6.07, 6.45) is 0.105. The van der Waals surface area contributed by atoms with Gasteiger partial charge in [-0.25, -0.2) is 4.79 Å². The molecular formula is C18H24N2O4. The van der Waals surface area contributed by atoms with Gasteiger partial charge >= 0.3 is 5.97 Å². The number of carboxylic acids is 1. The molecule has 0 aliphatic carbocycles. The van der Waals surface area contributed by atoms with Gasteiger partial charge in [0.2, 0.25) is 11.8 Å². The molecule has 1 aromatic carbocycles. The highest BCUT2D eigenvalue weighted by Gasteiger charge is 2.20. The summed E-state index contributed by atoms with van der Waals surface area (Å²) in [7, 11) is 0. The summed E-state index contributed by atoms with van der Waals surface area (Å²) in [6, 6.07) is 8.32. The number of aliphatic carboxylic acids is 1. The summed E-state index contributed by atoms with van der Waals surface area (Å²) in [5.41, 5.74) is 1.64. The average Bonchev–Trinajstić information content (AvgIpc) is 2.52. The maximum atomic E-state index is 11.9. The molecule has 0 heterocycles. The van der Waals surface area contributed by atoms with Gasteiger partial charge in [-0.15, -0.1) is 6.58 Å². The van der Waals surface area contributed by atoms with Crippen LogP contribution in [0.1, 0.15) is 44.7 Å². The smallest absolute Gasteiger partial charge is 0.326 e. The van der Waals surface area contributed by atoms with Gasteiger partial charge < -0.3 is 15.7 Å². The van der Waals surface area contributed by atoms with Crippen molar-refractivity contribution in [2.45, 2.75) is 45.2 Å². The molecule has 1 rings (SSSR count). The van der Waals surface area contributed by atoms with Gasteiger partial charge in [0.25, 0.3) is 0 Å². The monoisotopic (exact) mass is 332 g/mol. The van der Waals surface area contributed by atoms with Crippen LogP contribution in [0.25, 0.3) is 0 Å². The van der Waals surface area contributed by atoms with Crippen LogP contribution in [0.5, 0.6) is 0 Å². The van der Waals surface area contributed by atoms with E-state index in [9.17, 15) is 14.4 Å². The Hall–Kier alpha value is -2.63. The molecule has 0 aromatic heterocycles. The van der Waals surface area contributed by atoms with Crippen molar-refractivity contribution in [2.75, 3.05) is 0 Å². The standard InChI is InChI=1S/C18H24N2O4/c1-12(2)11-15(18(23)24)20-17(22)10-9-16(21)19-13(3)14-7-5-4-6-8-14/h4-8,13,15H,1,9-11H2,2-3H3,(H,19,21)(H,20,22)(H,23,24)/t13-,15+/m1/s1. The number of hydrogen-bond donors (Lipinski definition) is 3. The van der Waals surface area contributed by atoms with Crippen LogP contribution >= 0.6 is 0 Å². The van der Waals surface area contributed by atoms with Crippen LogP contribution in [0.3, 0.4) is 0 Å². The second-order valence-electron chi connectivity index (χ2n) is 5.82. The van der Waals surface area contributed by atoms with Gasteiger partial charge in [-0.1, -0.05) is 35.9 Å². The summed E-state index contributed by atoms with van der Waals surface area (Å²) >= 11 is 0. The van der Waals surface area contributed by atoms with Crippen LogP contribution in [-0.2, 0) is 14.4 Å². The molecule has 0 bridgehead atoms. The highest BCUT2D eigenvalue weighted by atomic mass is 16.4. The van der Waals surface area contributed by atoms with Crippen molar-refractivity contribution >= 4 is 17.8 Å². The Kier molecular flexibility index (Phi) is 7.68. The second-order valence-corrected chi connectivity index (χ2v) is 5.82. The molecule has 2 atom stereocenters. The number of benzene rings is 1. The van der Waals surface area contributed by atoms with Crippen LogP contribution < -0.4 is 10.6 Å². The average molecular weight is 332 g/mol. The van der Waals surface area contributed by atoms with Crippen LogP contribution in [0, 0.1) is 0 Å². The molecule has 0 unspecified atom stereocenters. The van der Waals surface area contributed by atoms with Gasteiger partial charge in [0.15, 0.2) is 0 Å². The molecular weight excluding hydrogens is 308 g/mol. The zero-order chi connectivity index (χ0) is 18.1. The lowest BCUT2D eigenvalue weighted by Gasteiger charge is -2.16. The van der Waals surface area contributed by atoms with Crippen LogP contribution in [0.2, 0.25) is 0 Å². The SMILES string of the molecule is C=C(C)C[C@H](NC(=O)CCC(=O)N[C@H](C)c1ccccc1)C(=O)O. The number of rotatable bonds is 9. The molecule has 24 heavy (non-hydrogen) atoms. The largest absolute Gasteiger partial charge is 0.480 e. The minimum atomic E-state index is -1.12. The van der Waals surface area contributed by atoms with Gasteiger partial charge in [-0.05, 0) is 25.8 Å². The molecule has 0 saturated heterocycles. The van der Waals surface area contributed by atoms with E-state index in [1.54, 1.807) is 6.92 Å². The molecule has 0 spiro atoms. The normalized spacial score (nSPS) is 12.8. The first-order valence-corrected chi connectivity index (χ1v) is 7.80. The van der Waals surface area contributed by atoms with Gasteiger partial charge in [0.1, 0.15) is 6.04 Å². The van der Waals surface area contributed by atoms with E-state index >= 15 is 0 Å². The summed E-state index contributed by atoms with van der Waals surface area (Å²) < 4.78 is 0. The number of hydrogen-bond acceptors (Lipinski definition) is 3. The minimum Gasteiger partial charge on any atom is -0.480 e. The van der Waals surface area contributed by atoms with Crippen molar-refractivity contribution in [3.05, 3.63) is 48.0 Å². The van der Waals surface area contributed by atoms with Crippen LogP contribution in [0.4, 0.5) is 0 Å². The predicted octanol–water partition coefficient (Wildman–Crippen LogP) is 2.18. The molecule has 6 nitrogen and oxygen atoms in total. The molecule has 0 aliphatic heterocycles. The highest BCUT2D eigenvalue weighted by Crippen LogP contribution is 2.11. The Morgan fingerprint density at radius 3 is 2.12 bits per heavy atom. The fourth-order valence-corrected chi connectivity index (χ4v) is 2.18. The third-order valence-corrected chi connectivity index (χ3v) is 3.44. The van der Waals surface area contributed by atoms with Crippen molar-refractivity contribution < 1.29 is 19.5 Å². The van der Waals surface area contributed by atoms with E-state index in [2.05, 4.69) is 17.2 Å². The fraction of sp³-hybridized carbons (Fsp3) is 0.389. The summed E-state index contributed by atoms with van der Waals surface area (Å²) in [4.78, 5) is 34.8. The van der Waals surface area contributed by atoms with E-state index in [0.717, 1.165) is 5.56 Å². The molecule has 3 N–H and O–H groups in total. The molecule has 2 amide bonds. The third-order valence-electron chi connectivity index (χ3n) is 3.44. The quantitative estimate of drug-likeness (QED) is 0.604. The van der Waals surface area contributed by atoms with E-state index < -0.39 is 17.9 Å². The van der Waals surface area contributed by atoms with E-state index in [0.29, 0.717) is 5.57 Å². The molecule has 0 saturated carbocycles. The van der Waals surface area contributed by atoms with Crippen molar-refractivity contribution in [3.63, 3.8) is 0 Å². The van der Waals surface area contributed by atoms with Crippen molar-refractivity contribution in [2.24, 2.45) is 0 Å². The maximum absolute atomic E-state index is 11.9. The van der Waals surface area contributed by atoms with E-state index in [1.165, 1.54) is 0 Å². The lowest BCUT2D eigenvalue weighted by Crippen LogP contribution is -2.41. The van der Waals surface area contributed by atoms with Crippen LogP contribution in [0.15, 0.2) is 42.5 Å². The first kappa shape index (κ1) is 19.4. The maximum Gasteiger partial charge on any atom is 0.326 e. The Labute approximate surface area is 141 Å². The zero-order valence-corrected chi connectivity index (χ0v) is 14.0. The lowest BCUT2D eigenvalue weighted by atomic mass is 10.1. The highest BCUT2D eigenvalue weighted by molar-refractivity contribution is 5.87. The Morgan fingerprint density at radius 1 is 1.08 bits per heavy atom. The van der Waals surface area contributed by atoms with E-state index in [4.69, 9.17) is 5.11 Å². The number of amides is 2. The Balaban J connectivity index is 2.41. The zero-order valence-electron chi connectivity index (χ0n) is 14.0. The summed E-state index contributed by atoms with van der Waals surface area (Å²) in [6.45, 7) is 7.20. The topological polar surface area (TPSA) is 95.5 Å². The third kappa shape index (κ3) is 7.09. The summed E-state index contributed by atoms with van der Waals surface area (Å²) in [5, 5.41) is 14.3. The first-order chi connectivity index (χ1) is 11.3. The van der Waals surface area contributed by atoms with Crippen molar-refractivity contribution in [1.29, 1.82) is 0 Å². The molecule has 0 aliphatic rings. The Bertz CT molecular complexity index is 598. The van der Waals surface area contributed by atoms with Gasteiger partial charge in [0.05, 0.1) is 6.04 Å². The van der Waals surface area contributed by atoms with E-state index in [1.807, 2.05) is 37.3 Å². The summed E-state index contributed by atoms with van der Waals surface area (Å²) in [5.74, 6) is -1.84. The predicted molar refractivity (Wildman–Crippen MR) is 91.2 cm³/mol. The second kappa shape index (κ2) is 9.50. The molecule has 6 heteroatoms. The number of carbonyl (C=O) groups excluding carboxylic acids is 2. The number of carbonyl (C=O) groups is 3. The van der Waals surface area contributed by atoms with Gasteiger partial charge in [-0.3, -0.25) is 9.59 Å². The van der Waals surface area contributed by atoms with E-state index in [-0.39, 0.29) is 31.2 Å². The van der Waals surface area contributed by atoms with Gasteiger partial charge in [-0.2, -0.15) is 0 Å². The Morgan fingerprint density at radius 2 is 1.62 bits per heavy atom. The van der Waals surface area contributed by atoms with Crippen molar-refractivity contribution in [3.8, 4) is 0 Å². The van der Waals surface area contributed by atoms with Gasteiger partial charge in [0, 0.05) is 12.8 Å². The van der Waals surface area contributed by atoms with Crippen LogP contribution in [-0.4, -0.2) is 28.9 Å². The number of carboxylic acid groups (broad SMARTS) is 1. The lowest BCUT2D eigenvalue weighted by molar-refractivity contribution is -0.141. The molecule has 130 valence electrons. The molecule has 0 radical (unpaired) electrons.